The topological polar surface area (TPSA) is 52.6 Å². The van der Waals surface area contributed by atoms with Crippen molar-refractivity contribution in [3.63, 3.8) is 0 Å². The lowest BCUT2D eigenvalue weighted by Crippen LogP contribution is -2.09. The number of carbonyl (C=O) groups is 2. The Morgan fingerprint density at radius 1 is 1.00 bits per heavy atom. The standard InChI is InChI=1S/C9H8O4/c1-3-5-12-8(10)7-9(11)13-6-4-2/h7H2,1-2H3. The molecule has 0 saturated carbocycles. The van der Waals surface area contributed by atoms with Crippen LogP contribution in [0.2, 0.25) is 0 Å². The van der Waals surface area contributed by atoms with Crippen LogP contribution in [-0.2, 0) is 19.1 Å². The molecule has 0 bridgehead atoms. The molecule has 0 aromatic carbocycles. The van der Waals surface area contributed by atoms with Gasteiger partial charge in [-0.25, -0.2) is 0 Å². The van der Waals surface area contributed by atoms with Gasteiger partial charge in [0.25, 0.3) is 0 Å². The van der Waals surface area contributed by atoms with Crippen molar-refractivity contribution in [1.82, 2.24) is 0 Å². The molecule has 0 rings (SSSR count). The zero-order valence-electron chi connectivity index (χ0n) is 7.34. The van der Waals surface area contributed by atoms with Crippen LogP contribution in [0.1, 0.15) is 20.3 Å². The Labute approximate surface area is 76.2 Å². The minimum Gasteiger partial charge on any atom is -0.372 e. The van der Waals surface area contributed by atoms with Gasteiger partial charge in [0.2, 0.25) is 0 Å². The highest BCUT2D eigenvalue weighted by atomic mass is 16.5. The molecule has 0 heterocycles. The third-order valence-corrected chi connectivity index (χ3v) is 0.823. The molecule has 0 saturated heterocycles. The van der Waals surface area contributed by atoms with Crippen LogP contribution < -0.4 is 0 Å². The van der Waals surface area contributed by atoms with Gasteiger partial charge in [-0.2, -0.15) is 0 Å². The van der Waals surface area contributed by atoms with Crippen molar-refractivity contribution in [3.8, 4) is 24.1 Å². The largest absolute Gasteiger partial charge is 0.372 e. The van der Waals surface area contributed by atoms with Crippen LogP contribution in [0.3, 0.4) is 0 Å². The maximum Gasteiger partial charge on any atom is 0.331 e. The molecule has 0 atom stereocenters. The zero-order chi connectivity index (χ0) is 10.1. The molecule has 0 aliphatic rings. The van der Waals surface area contributed by atoms with E-state index in [0.29, 0.717) is 0 Å². The summed E-state index contributed by atoms with van der Waals surface area (Å²) in [6.45, 7) is 3.02. The number of esters is 2. The molecule has 4 heteroatoms. The molecule has 0 aliphatic heterocycles. The Morgan fingerprint density at radius 2 is 1.38 bits per heavy atom. The molecular weight excluding hydrogens is 172 g/mol. The number of hydrogen-bond donors (Lipinski definition) is 0. The van der Waals surface area contributed by atoms with Gasteiger partial charge in [0.15, 0.2) is 0 Å². The minimum atomic E-state index is -0.753. The first-order chi connectivity index (χ1) is 6.20. The van der Waals surface area contributed by atoms with Gasteiger partial charge in [-0.05, 0) is 0 Å². The lowest BCUT2D eigenvalue weighted by Gasteiger charge is -1.93. The van der Waals surface area contributed by atoms with Crippen molar-refractivity contribution in [3.05, 3.63) is 0 Å². The number of ether oxygens (including phenoxy) is 2. The van der Waals surface area contributed by atoms with Crippen molar-refractivity contribution >= 4 is 11.9 Å². The molecule has 13 heavy (non-hydrogen) atoms. The summed E-state index contributed by atoms with van der Waals surface area (Å²) in [5, 5.41) is 0. The molecule has 0 aromatic heterocycles. The third kappa shape index (κ3) is 6.46. The zero-order valence-corrected chi connectivity index (χ0v) is 7.34. The Kier molecular flexibility index (Phi) is 5.74. The lowest BCUT2D eigenvalue weighted by molar-refractivity contribution is -0.146. The average Bonchev–Trinajstić information content (AvgIpc) is 2.11. The molecule has 0 radical (unpaired) electrons. The second kappa shape index (κ2) is 6.75. The molecule has 0 amide bonds. The van der Waals surface area contributed by atoms with Gasteiger partial charge in [-0.3, -0.25) is 9.59 Å². The Balaban J connectivity index is 3.80. The first-order valence-electron chi connectivity index (χ1n) is 3.43. The highest BCUT2D eigenvalue weighted by Gasteiger charge is 2.10. The number of rotatable bonds is 2. The van der Waals surface area contributed by atoms with E-state index in [1.807, 2.05) is 0 Å². The van der Waals surface area contributed by atoms with Crippen LogP contribution in [0.15, 0.2) is 0 Å². The fourth-order valence-electron chi connectivity index (χ4n) is 0.406. The fourth-order valence-corrected chi connectivity index (χ4v) is 0.406. The van der Waals surface area contributed by atoms with Crippen LogP contribution in [-0.4, -0.2) is 11.9 Å². The summed E-state index contributed by atoms with van der Waals surface area (Å²) in [5.41, 5.74) is 0. The summed E-state index contributed by atoms with van der Waals surface area (Å²) in [4.78, 5) is 21.4. The van der Waals surface area contributed by atoms with Gasteiger partial charge in [0, 0.05) is 13.8 Å². The van der Waals surface area contributed by atoms with Crippen molar-refractivity contribution in [2.75, 3.05) is 0 Å². The van der Waals surface area contributed by atoms with Gasteiger partial charge < -0.3 is 9.47 Å². The normalized spacial score (nSPS) is 6.92. The van der Waals surface area contributed by atoms with Crippen LogP contribution in [0.25, 0.3) is 0 Å². The van der Waals surface area contributed by atoms with E-state index in [1.165, 1.54) is 13.8 Å². The van der Waals surface area contributed by atoms with Crippen LogP contribution in [0.4, 0.5) is 0 Å². The Morgan fingerprint density at radius 3 is 1.69 bits per heavy atom. The van der Waals surface area contributed by atoms with Gasteiger partial charge in [0.1, 0.15) is 18.6 Å². The quantitative estimate of drug-likeness (QED) is 0.351. The minimum absolute atomic E-state index is 0.483. The molecular formula is C9H8O4. The Bertz CT molecular complexity index is 276. The molecule has 0 aliphatic carbocycles. The monoisotopic (exact) mass is 180 g/mol. The summed E-state index contributed by atoms with van der Waals surface area (Å²) in [6.07, 6.45) is 3.65. The molecule has 68 valence electrons. The van der Waals surface area contributed by atoms with Crippen molar-refractivity contribution < 1.29 is 19.1 Å². The van der Waals surface area contributed by atoms with Crippen molar-refractivity contribution in [2.45, 2.75) is 20.3 Å². The molecule has 4 nitrogen and oxygen atoms in total. The first kappa shape index (κ1) is 11.1. The van der Waals surface area contributed by atoms with E-state index in [9.17, 15) is 9.59 Å². The van der Waals surface area contributed by atoms with E-state index >= 15 is 0 Å². The summed E-state index contributed by atoms with van der Waals surface area (Å²) in [7, 11) is 0. The highest BCUT2D eigenvalue weighted by molar-refractivity contribution is 5.91. The maximum atomic E-state index is 10.7. The predicted molar refractivity (Wildman–Crippen MR) is 43.7 cm³/mol. The van der Waals surface area contributed by atoms with Crippen molar-refractivity contribution in [2.24, 2.45) is 0 Å². The average molecular weight is 180 g/mol. The summed E-state index contributed by atoms with van der Waals surface area (Å²) in [6, 6.07) is 0. The predicted octanol–water partition coefficient (Wildman–Crippen LogP) is 0.424. The van der Waals surface area contributed by atoms with Gasteiger partial charge >= 0.3 is 11.9 Å². The van der Waals surface area contributed by atoms with Crippen molar-refractivity contribution in [1.29, 1.82) is 0 Å². The van der Waals surface area contributed by atoms with E-state index in [0.717, 1.165) is 0 Å². The van der Waals surface area contributed by atoms with E-state index in [-0.39, 0.29) is 0 Å². The second-order valence-electron chi connectivity index (χ2n) is 1.83. The number of carbonyl (C=O) groups excluding carboxylic acids is 2. The SMILES string of the molecule is CC#COC(=O)CC(=O)OC#CC. The first-order valence-corrected chi connectivity index (χ1v) is 3.43. The Hall–Kier alpha value is -1.94. The lowest BCUT2D eigenvalue weighted by atomic mass is 10.4. The van der Waals surface area contributed by atoms with Crippen LogP contribution in [0.5, 0.6) is 0 Å². The highest BCUT2D eigenvalue weighted by Crippen LogP contribution is 1.88. The van der Waals surface area contributed by atoms with Gasteiger partial charge in [0.05, 0.1) is 0 Å². The molecule has 0 fully saturated rings. The van der Waals surface area contributed by atoms with E-state index < -0.39 is 18.4 Å². The molecule has 0 unspecified atom stereocenters. The van der Waals surface area contributed by atoms with Crippen LogP contribution in [0, 0.1) is 24.1 Å². The fraction of sp³-hybridized carbons (Fsp3) is 0.333. The van der Waals surface area contributed by atoms with Crippen LogP contribution >= 0.6 is 0 Å². The van der Waals surface area contributed by atoms with E-state index in [4.69, 9.17) is 0 Å². The third-order valence-electron chi connectivity index (χ3n) is 0.823. The number of hydrogen-bond acceptors (Lipinski definition) is 4. The summed E-state index contributed by atoms with van der Waals surface area (Å²) in [5.74, 6) is 3.18. The molecule has 0 spiro atoms. The summed E-state index contributed by atoms with van der Waals surface area (Å²) < 4.78 is 8.59. The smallest absolute Gasteiger partial charge is 0.331 e. The van der Waals surface area contributed by atoms with Gasteiger partial charge in [-0.15, -0.1) is 0 Å². The molecule has 0 aromatic rings. The molecule has 0 N–H and O–H groups in total. The van der Waals surface area contributed by atoms with E-state index in [2.05, 4.69) is 33.5 Å². The maximum absolute atomic E-state index is 10.7. The second-order valence-corrected chi connectivity index (χ2v) is 1.83. The van der Waals surface area contributed by atoms with Gasteiger partial charge in [-0.1, -0.05) is 11.8 Å². The summed E-state index contributed by atoms with van der Waals surface area (Å²) >= 11 is 0. The van der Waals surface area contributed by atoms with E-state index in [1.54, 1.807) is 0 Å².